The highest BCUT2D eigenvalue weighted by Gasteiger charge is 2.09. The Balaban J connectivity index is 2.17. The van der Waals surface area contributed by atoms with E-state index in [0.717, 1.165) is 5.56 Å². The van der Waals surface area contributed by atoms with E-state index in [0.29, 0.717) is 23.7 Å². The van der Waals surface area contributed by atoms with Crippen LogP contribution in [0.25, 0.3) is 0 Å². The number of Topliss-reactive ketones (excluding diaryl/α,β-unsaturated/α-hetero) is 1. The number of hydrogen-bond acceptors (Lipinski definition) is 3. The second-order valence-corrected chi connectivity index (χ2v) is 4.64. The third-order valence-corrected chi connectivity index (χ3v) is 3.21. The van der Waals surface area contributed by atoms with E-state index in [1.165, 1.54) is 12.5 Å². The molecule has 0 unspecified atom stereocenters. The molecule has 2 aromatic carbocycles. The number of methoxy groups -OCH3 is 1. The average Bonchev–Trinajstić information content (AvgIpc) is 2.46. The summed E-state index contributed by atoms with van der Waals surface area (Å²) in [7, 11) is 1.57. The summed E-state index contributed by atoms with van der Waals surface area (Å²) in [6.45, 7) is 4.06. The monoisotopic (exact) mass is 270 g/mol. The molecule has 0 amide bonds. The van der Waals surface area contributed by atoms with E-state index < -0.39 is 0 Å². The molecule has 2 aromatic rings. The number of carbonyl (C=O) groups is 1. The van der Waals surface area contributed by atoms with Gasteiger partial charge in [0, 0.05) is 5.56 Å². The van der Waals surface area contributed by atoms with Crippen LogP contribution in [0.5, 0.6) is 11.5 Å². The first-order valence-corrected chi connectivity index (χ1v) is 6.48. The van der Waals surface area contributed by atoms with E-state index in [4.69, 9.17) is 9.47 Å². The minimum atomic E-state index is 0.00811. The highest BCUT2D eigenvalue weighted by molar-refractivity contribution is 5.94. The summed E-state index contributed by atoms with van der Waals surface area (Å²) in [4.78, 5) is 11.4. The van der Waals surface area contributed by atoms with Gasteiger partial charge in [0.05, 0.1) is 7.11 Å². The number of hydrogen-bond donors (Lipinski definition) is 0. The van der Waals surface area contributed by atoms with Crippen LogP contribution in [0.4, 0.5) is 0 Å². The predicted molar refractivity (Wildman–Crippen MR) is 78.5 cm³/mol. The molecular weight excluding hydrogens is 252 g/mol. The fourth-order valence-corrected chi connectivity index (χ4v) is 1.93. The van der Waals surface area contributed by atoms with Crippen molar-refractivity contribution in [2.24, 2.45) is 0 Å². The van der Waals surface area contributed by atoms with Gasteiger partial charge in [-0.25, -0.2) is 0 Å². The third kappa shape index (κ3) is 3.18. The number of rotatable bonds is 5. The van der Waals surface area contributed by atoms with Gasteiger partial charge in [-0.2, -0.15) is 0 Å². The molecule has 0 aliphatic carbocycles. The summed E-state index contributed by atoms with van der Waals surface area (Å²) in [5, 5.41) is 0. The van der Waals surface area contributed by atoms with Crippen LogP contribution in [-0.4, -0.2) is 12.9 Å². The minimum absolute atomic E-state index is 0.00811. The van der Waals surface area contributed by atoms with Gasteiger partial charge >= 0.3 is 0 Å². The molecule has 0 N–H and O–H groups in total. The molecule has 0 atom stereocenters. The number of aryl methyl sites for hydroxylation is 1. The molecule has 0 aliphatic rings. The Morgan fingerprint density at radius 2 is 1.85 bits per heavy atom. The van der Waals surface area contributed by atoms with Crippen molar-refractivity contribution in [3.63, 3.8) is 0 Å². The first kappa shape index (κ1) is 14.1. The number of benzene rings is 2. The molecule has 104 valence electrons. The molecule has 2 rings (SSSR count). The molecule has 0 bridgehead atoms. The Labute approximate surface area is 119 Å². The molecule has 0 saturated heterocycles. The number of ketones is 1. The zero-order chi connectivity index (χ0) is 14.5. The quantitative estimate of drug-likeness (QED) is 0.775. The summed E-state index contributed by atoms with van der Waals surface area (Å²) in [5.74, 6) is 1.22. The van der Waals surface area contributed by atoms with E-state index in [-0.39, 0.29) is 5.78 Å². The second-order valence-electron chi connectivity index (χ2n) is 4.64. The van der Waals surface area contributed by atoms with Crippen molar-refractivity contribution in [3.8, 4) is 11.5 Å². The van der Waals surface area contributed by atoms with E-state index in [1.807, 2.05) is 18.2 Å². The van der Waals surface area contributed by atoms with Crippen LogP contribution in [-0.2, 0) is 6.61 Å². The van der Waals surface area contributed by atoms with E-state index in [2.05, 4.69) is 13.0 Å². The van der Waals surface area contributed by atoms with Crippen molar-refractivity contribution in [2.45, 2.75) is 20.5 Å². The molecular formula is C17H18O3. The predicted octanol–water partition coefficient (Wildman–Crippen LogP) is 3.79. The highest BCUT2D eigenvalue weighted by Crippen LogP contribution is 2.29. The van der Waals surface area contributed by atoms with Gasteiger partial charge in [0.25, 0.3) is 0 Å². The standard InChI is InChI=1S/C17H18O3/c1-12-6-4-5-7-15(12)11-20-16-9-8-14(13(2)18)10-17(16)19-3/h4-10H,11H2,1-3H3. The first-order chi connectivity index (χ1) is 9.61. The van der Waals surface area contributed by atoms with Crippen LogP contribution < -0.4 is 9.47 Å². The molecule has 0 radical (unpaired) electrons. The molecule has 3 nitrogen and oxygen atoms in total. The van der Waals surface area contributed by atoms with Gasteiger partial charge < -0.3 is 9.47 Å². The Kier molecular flexibility index (Phi) is 4.41. The van der Waals surface area contributed by atoms with Crippen LogP contribution in [0.1, 0.15) is 28.4 Å². The Morgan fingerprint density at radius 1 is 1.10 bits per heavy atom. The molecule has 3 heteroatoms. The molecule has 0 spiro atoms. The number of carbonyl (C=O) groups excluding carboxylic acids is 1. The molecule has 20 heavy (non-hydrogen) atoms. The van der Waals surface area contributed by atoms with Crippen LogP contribution in [0, 0.1) is 6.92 Å². The van der Waals surface area contributed by atoms with Gasteiger partial charge in [0.2, 0.25) is 0 Å². The first-order valence-electron chi connectivity index (χ1n) is 6.48. The summed E-state index contributed by atoms with van der Waals surface area (Å²) in [5.41, 5.74) is 2.93. The Hall–Kier alpha value is -2.29. The van der Waals surface area contributed by atoms with Gasteiger partial charge in [-0.15, -0.1) is 0 Å². The van der Waals surface area contributed by atoms with Gasteiger partial charge in [0.15, 0.2) is 17.3 Å². The third-order valence-electron chi connectivity index (χ3n) is 3.21. The second kappa shape index (κ2) is 6.24. The fourth-order valence-electron chi connectivity index (χ4n) is 1.93. The maximum Gasteiger partial charge on any atom is 0.161 e. The van der Waals surface area contributed by atoms with Crippen LogP contribution >= 0.6 is 0 Å². The van der Waals surface area contributed by atoms with Crippen molar-refractivity contribution in [1.29, 1.82) is 0 Å². The lowest BCUT2D eigenvalue weighted by atomic mass is 10.1. The maximum absolute atomic E-state index is 11.4. The lowest BCUT2D eigenvalue weighted by molar-refractivity contribution is 0.101. The largest absolute Gasteiger partial charge is 0.493 e. The van der Waals surface area contributed by atoms with E-state index in [9.17, 15) is 4.79 Å². The molecule has 0 aliphatic heterocycles. The van der Waals surface area contributed by atoms with Crippen molar-refractivity contribution in [2.75, 3.05) is 7.11 Å². The summed E-state index contributed by atoms with van der Waals surface area (Å²) in [6, 6.07) is 13.3. The summed E-state index contributed by atoms with van der Waals surface area (Å²) in [6.07, 6.45) is 0. The van der Waals surface area contributed by atoms with E-state index >= 15 is 0 Å². The molecule has 0 fully saturated rings. The normalized spacial score (nSPS) is 10.2. The smallest absolute Gasteiger partial charge is 0.161 e. The van der Waals surface area contributed by atoms with Crippen molar-refractivity contribution in [3.05, 3.63) is 59.2 Å². The number of ether oxygens (including phenoxy) is 2. The van der Waals surface area contributed by atoms with Gasteiger partial charge in [0.1, 0.15) is 6.61 Å². The summed E-state index contributed by atoms with van der Waals surface area (Å²) < 4.78 is 11.1. The molecule has 0 saturated carbocycles. The highest BCUT2D eigenvalue weighted by atomic mass is 16.5. The van der Waals surface area contributed by atoms with Crippen molar-refractivity contribution >= 4 is 5.78 Å². The molecule has 0 aromatic heterocycles. The Bertz CT molecular complexity index is 617. The summed E-state index contributed by atoms with van der Waals surface area (Å²) >= 11 is 0. The van der Waals surface area contributed by atoms with E-state index in [1.54, 1.807) is 25.3 Å². The topological polar surface area (TPSA) is 35.5 Å². The van der Waals surface area contributed by atoms with Crippen LogP contribution in [0.15, 0.2) is 42.5 Å². The molecule has 0 heterocycles. The van der Waals surface area contributed by atoms with Gasteiger partial charge in [-0.1, -0.05) is 24.3 Å². The van der Waals surface area contributed by atoms with Crippen LogP contribution in [0.2, 0.25) is 0 Å². The van der Waals surface area contributed by atoms with Crippen molar-refractivity contribution in [1.82, 2.24) is 0 Å². The average molecular weight is 270 g/mol. The maximum atomic E-state index is 11.4. The lowest BCUT2D eigenvalue weighted by Gasteiger charge is -2.12. The van der Waals surface area contributed by atoms with Gasteiger partial charge in [-0.05, 0) is 43.2 Å². The van der Waals surface area contributed by atoms with Crippen LogP contribution in [0.3, 0.4) is 0 Å². The fraction of sp³-hybridized carbons (Fsp3) is 0.235. The van der Waals surface area contributed by atoms with Crippen molar-refractivity contribution < 1.29 is 14.3 Å². The SMILES string of the molecule is COc1cc(C(C)=O)ccc1OCc1ccccc1C. The zero-order valence-corrected chi connectivity index (χ0v) is 12.0. The lowest BCUT2D eigenvalue weighted by Crippen LogP contribution is -2.01. The zero-order valence-electron chi connectivity index (χ0n) is 12.0. The van der Waals surface area contributed by atoms with Gasteiger partial charge in [-0.3, -0.25) is 4.79 Å². The Morgan fingerprint density at radius 3 is 2.50 bits per heavy atom. The minimum Gasteiger partial charge on any atom is -0.493 e.